The van der Waals surface area contributed by atoms with Crippen molar-refractivity contribution in [2.24, 2.45) is 0 Å². The van der Waals surface area contributed by atoms with Crippen LogP contribution in [-0.2, 0) is 6.42 Å². The fraction of sp³-hybridized carbons (Fsp3) is 0.562. The van der Waals surface area contributed by atoms with E-state index in [1.807, 2.05) is 24.2 Å². The largest absolute Gasteiger partial charge is 0.361 e. The van der Waals surface area contributed by atoms with Crippen LogP contribution in [0.25, 0.3) is 0 Å². The Morgan fingerprint density at radius 2 is 2.27 bits per heavy atom. The Bertz CT molecular complexity index is 654. The fourth-order valence-electron chi connectivity index (χ4n) is 3.26. The average Bonchev–Trinajstić information content (AvgIpc) is 3.13. The summed E-state index contributed by atoms with van der Waals surface area (Å²) in [6.07, 6.45) is 6.85. The molecule has 0 bridgehead atoms. The van der Waals surface area contributed by atoms with Gasteiger partial charge in [-0.2, -0.15) is 0 Å². The Balaban J connectivity index is 1.80. The fourth-order valence-corrected chi connectivity index (χ4v) is 3.26. The van der Waals surface area contributed by atoms with E-state index in [1.165, 1.54) is 0 Å². The third-order valence-electron chi connectivity index (χ3n) is 4.39. The summed E-state index contributed by atoms with van der Waals surface area (Å²) in [7, 11) is 0. The molecule has 0 aromatic carbocycles. The molecule has 0 unspecified atom stereocenters. The highest BCUT2D eigenvalue weighted by atomic mass is 16.5. The molecule has 2 aromatic rings. The van der Waals surface area contributed by atoms with Crippen LogP contribution >= 0.6 is 0 Å². The van der Waals surface area contributed by atoms with Crippen LogP contribution in [0.4, 0.5) is 0 Å². The van der Waals surface area contributed by atoms with E-state index in [0.29, 0.717) is 29.6 Å². The highest BCUT2D eigenvalue weighted by molar-refractivity contribution is 5.96. The molecule has 1 atom stereocenters. The third kappa shape index (κ3) is 2.53. The number of amides is 1. The van der Waals surface area contributed by atoms with Crippen molar-refractivity contribution in [3.05, 3.63) is 35.2 Å². The molecule has 0 spiro atoms. The Kier molecular flexibility index (Phi) is 4.00. The van der Waals surface area contributed by atoms with Gasteiger partial charge in [-0.15, -0.1) is 0 Å². The van der Waals surface area contributed by atoms with Crippen molar-refractivity contribution in [3.8, 4) is 0 Å². The molecule has 3 rings (SSSR count). The standard InChI is InChI=1S/C16H22N4O2/c1-4-14-17-7-9-20(14)13-6-5-8-19(10-13)16(21)15-11(2)18-22-12(15)3/h7,9,13H,4-6,8,10H2,1-3H3/t13-/m0/s1. The van der Waals surface area contributed by atoms with Crippen LogP contribution in [-0.4, -0.2) is 38.6 Å². The minimum absolute atomic E-state index is 0.0270. The lowest BCUT2D eigenvalue weighted by Crippen LogP contribution is -2.41. The lowest BCUT2D eigenvalue weighted by molar-refractivity contribution is 0.0675. The van der Waals surface area contributed by atoms with Crippen LogP contribution in [0.5, 0.6) is 0 Å². The zero-order chi connectivity index (χ0) is 15.7. The van der Waals surface area contributed by atoms with Crippen molar-refractivity contribution in [3.63, 3.8) is 0 Å². The molecule has 2 aromatic heterocycles. The van der Waals surface area contributed by atoms with E-state index in [9.17, 15) is 4.79 Å². The maximum atomic E-state index is 12.8. The lowest BCUT2D eigenvalue weighted by atomic mass is 10.0. The second-order valence-electron chi connectivity index (χ2n) is 5.85. The highest BCUT2D eigenvalue weighted by Crippen LogP contribution is 2.25. The number of aromatic nitrogens is 3. The first-order valence-corrected chi connectivity index (χ1v) is 7.85. The number of aryl methyl sites for hydroxylation is 3. The van der Waals surface area contributed by atoms with E-state index < -0.39 is 0 Å². The van der Waals surface area contributed by atoms with Crippen LogP contribution in [0, 0.1) is 13.8 Å². The summed E-state index contributed by atoms with van der Waals surface area (Å²) < 4.78 is 7.35. The number of likely N-dealkylation sites (tertiary alicyclic amines) is 1. The van der Waals surface area contributed by atoms with Crippen LogP contribution in [0.2, 0.25) is 0 Å². The van der Waals surface area contributed by atoms with Gasteiger partial charge in [0.2, 0.25) is 0 Å². The SMILES string of the molecule is CCc1nccn1[C@H]1CCCN(C(=O)c2c(C)noc2C)C1. The van der Waals surface area contributed by atoms with Crippen molar-refractivity contribution in [1.29, 1.82) is 0 Å². The second-order valence-corrected chi connectivity index (χ2v) is 5.85. The number of carbonyl (C=O) groups excluding carboxylic acids is 1. The molecule has 0 radical (unpaired) electrons. The van der Waals surface area contributed by atoms with E-state index >= 15 is 0 Å². The molecule has 0 aliphatic carbocycles. The molecule has 22 heavy (non-hydrogen) atoms. The van der Waals surface area contributed by atoms with Crippen molar-refractivity contribution in [1.82, 2.24) is 19.6 Å². The van der Waals surface area contributed by atoms with E-state index in [1.54, 1.807) is 6.92 Å². The van der Waals surface area contributed by atoms with Gasteiger partial charge in [-0.3, -0.25) is 4.79 Å². The van der Waals surface area contributed by atoms with Crippen LogP contribution in [0.15, 0.2) is 16.9 Å². The molecule has 1 aliphatic rings. The monoisotopic (exact) mass is 302 g/mol. The summed E-state index contributed by atoms with van der Waals surface area (Å²) in [5, 5.41) is 3.89. The molecule has 3 heterocycles. The van der Waals surface area contributed by atoms with Gasteiger partial charge in [0, 0.05) is 31.9 Å². The minimum Gasteiger partial charge on any atom is -0.361 e. The third-order valence-corrected chi connectivity index (χ3v) is 4.39. The van der Waals surface area contributed by atoms with Crippen LogP contribution in [0.1, 0.15) is 53.4 Å². The van der Waals surface area contributed by atoms with Crippen molar-refractivity contribution < 1.29 is 9.32 Å². The zero-order valence-corrected chi connectivity index (χ0v) is 13.4. The summed E-state index contributed by atoms with van der Waals surface area (Å²) in [4.78, 5) is 19.1. The van der Waals surface area contributed by atoms with Crippen molar-refractivity contribution in [2.75, 3.05) is 13.1 Å². The second kappa shape index (κ2) is 5.94. The number of nitrogens with zero attached hydrogens (tertiary/aromatic N) is 4. The first-order chi connectivity index (χ1) is 10.6. The summed E-state index contributed by atoms with van der Waals surface area (Å²) in [5.74, 6) is 1.71. The van der Waals surface area contributed by atoms with Crippen molar-refractivity contribution >= 4 is 5.91 Å². The van der Waals surface area contributed by atoms with Gasteiger partial charge >= 0.3 is 0 Å². The van der Waals surface area contributed by atoms with E-state index in [0.717, 1.165) is 31.6 Å². The maximum Gasteiger partial charge on any atom is 0.259 e. The molecule has 118 valence electrons. The van der Waals surface area contributed by atoms with E-state index in [4.69, 9.17) is 4.52 Å². The Morgan fingerprint density at radius 1 is 1.45 bits per heavy atom. The number of hydrogen-bond acceptors (Lipinski definition) is 4. The summed E-state index contributed by atoms with van der Waals surface area (Å²) >= 11 is 0. The Labute approximate surface area is 130 Å². The minimum atomic E-state index is 0.0270. The summed E-state index contributed by atoms with van der Waals surface area (Å²) in [5.41, 5.74) is 1.28. The van der Waals surface area contributed by atoms with Gasteiger partial charge in [-0.25, -0.2) is 4.98 Å². The molecule has 0 saturated carbocycles. The molecular weight excluding hydrogens is 280 g/mol. The van der Waals surface area contributed by atoms with Crippen molar-refractivity contribution in [2.45, 2.75) is 46.1 Å². The molecule has 1 amide bonds. The van der Waals surface area contributed by atoms with E-state index in [2.05, 4.69) is 21.6 Å². The first kappa shape index (κ1) is 14.8. The summed E-state index contributed by atoms with van der Waals surface area (Å²) in [6.45, 7) is 7.21. The topological polar surface area (TPSA) is 64.2 Å². The zero-order valence-electron chi connectivity index (χ0n) is 13.4. The molecule has 6 heteroatoms. The smallest absolute Gasteiger partial charge is 0.259 e. The maximum absolute atomic E-state index is 12.8. The predicted octanol–water partition coefficient (Wildman–Crippen LogP) is 2.53. The number of piperidine rings is 1. The Morgan fingerprint density at radius 3 is 2.95 bits per heavy atom. The van der Waals surface area contributed by atoms with E-state index in [-0.39, 0.29) is 5.91 Å². The van der Waals surface area contributed by atoms with Gasteiger partial charge in [-0.1, -0.05) is 12.1 Å². The normalized spacial score (nSPS) is 18.7. The molecule has 1 aliphatic heterocycles. The first-order valence-electron chi connectivity index (χ1n) is 7.85. The Hall–Kier alpha value is -2.11. The van der Waals surface area contributed by atoms with Gasteiger partial charge < -0.3 is 14.0 Å². The number of rotatable bonds is 3. The highest BCUT2D eigenvalue weighted by Gasteiger charge is 2.29. The van der Waals surface area contributed by atoms with Crippen LogP contribution in [0.3, 0.4) is 0 Å². The van der Waals surface area contributed by atoms with Gasteiger partial charge in [-0.05, 0) is 26.7 Å². The number of carbonyl (C=O) groups is 1. The number of imidazole rings is 1. The molecule has 6 nitrogen and oxygen atoms in total. The van der Waals surface area contributed by atoms with Gasteiger partial charge in [0.25, 0.3) is 5.91 Å². The quantitative estimate of drug-likeness (QED) is 0.874. The summed E-state index contributed by atoms with van der Waals surface area (Å²) in [6, 6.07) is 0.302. The van der Waals surface area contributed by atoms with Crippen LogP contribution < -0.4 is 0 Å². The van der Waals surface area contributed by atoms with Gasteiger partial charge in [0.1, 0.15) is 17.1 Å². The molecule has 1 saturated heterocycles. The van der Waals surface area contributed by atoms with Gasteiger partial charge in [0.05, 0.1) is 11.7 Å². The van der Waals surface area contributed by atoms with Gasteiger partial charge in [0.15, 0.2) is 0 Å². The average molecular weight is 302 g/mol. The predicted molar refractivity (Wildman–Crippen MR) is 81.8 cm³/mol. The number of hydrogen-bond donors (Lipinski definition) is 0. The molecule has 1 fully saturated rings. The molecule has 0 N–H and O–H groups in total. The lowest BCUT2D eigenvalue weighted by Gasteiger charge is -2.34. The molecular formula is C16H22N4O2.